The van der Waals surface area contributed by atoms with E-state index in [1.165, 1.54) is 21.9 Å². The Morgan fingerprint density at radius 2 is 1.97 bits per heavy atom. The molecule has 0 aliphatic carbocycles. The van der Waals surface area contributed by atoms with Crippen molar-refractivity contribution in [3.63, 3.8) is 0 Å². The van der Waals surface area contributed by atoms with E-state index in [0.29, 0.717) is 0 Å². The summed E-state index contributed by atoms with van der Waals surface area (Å²) in [6.07, 6.45) is 8.85. The highest BCUT2D eigenvalue weighted by molar-refractivity contribution is 7.76. The van der Waals surface area contributed by atoms with Crippen LogP contribution < -0.4 is 5.32 Å². The molecule has 1 aliphatic rings. The van der Waals surface area contributed by atoms with Crippen LogP contribution in [0.1, 0.15) is 37.4 Å². The van der Waals surface area contributed by atoms with Gasteiger partial charge in [-0.2, -0.15) is 0 Å². The molecule has 0 radical (unpaired) electrons. The van der Waals surface area contributed by atoms with Crippen LogP contribution in [0.5, 0.6) is 0 Å². The third-order valence-corrected chi connectivity index (χ3v) is 5.70. The smallest absolute Gasteiger partial charge is 0.0991 e. The van der Waals surface area contributed by atoms with Gasteiger partial charge in [0.1, 0.15) is 0 Å². The SMILES string of the molecule is C=C(NCc1ccc(C)cc1)c1ccn2cncc2c1.O=S([O-])N1CCCCC1.[HH]. The number of aryl methyl sites for hydroxylation is 1. The Bertz CT molecular complexity index is 969. The number of imidazole rings is 1. The minimum absolute atomic E-state index is 0. The summed E-state index contributed by atoms with van der Waals surface area (Å²) in [4.78, 5) is 4.12. The number of aromatic nitrogens is 2. The van der Waals surface area contributed by atoms with Crippen molar-refractivity contribution >= 4 is 22.5 Å². The molecule has 0 saturated carbocycles. The van der Waals surface area contributed by atoms with E-state index in [-0.39, 0.29) is 1.43 Å². The van der Waals surface area contributed by atoms with E-state index in [9.17, 15) is 8.76 Å². The van der Waals surface area contributed by atoms with Crippen molar-refractivity contribution in [2.75, 3.05) is 13.1 Å². The van der Waals surface area contributed by atoms with Crippen molar-refractivity contribution in [1.82, 2.24) is 19.0 Å². The molecule has 156 valence electrons. The van der Waals surface area contributed by atoms with Gasteiger partial charge < -0.3 is 14.3 Å². The summed E-state index contributed by atoms with van der Waals surface area (Å²) in [5.41, 5.74) is 5.61. The van der Waals surface area contributed by atoms with Gasteiger partial charge in [0.15, 0.2) is 0 Å². The quantitative estimate of drug-likeness (QED) is 0.644. The molecule has 1 atom stereocenters. The van der Waals surface area contributed by atoms with Crippen LogP contribution in [-0.4, -0.2) is 35.5 Å². The topological polar surface area (TPSA) is 72.7 Å². The van der Waals surface area contributed by atoms with Gasteiger partial charge in [-0.25, -0.2) is 9.29 Å². The van der Waals surface area contributed by atoms with Gasteiger partial charge in [-0.15, -0.1) is 0 Å². The van der Waals surface area contributed by atoms with Crippen LogP contribution >= 0.6 is 0 Å². The normalized spacial score (nSPS) is 15.4. The standard InChI is InChI=1S/C17H17N3.C5H11NO2S.H2/c1-13-3-5-15(6-4-13)10-19-14(2)16-7-8-20-12-18-11-17(20)9-16;7-9(8)6-4-2-1-3-5-6;/h3-9,11-12,19H,2,10H2,1H3;1-5H2,(H,7,8);1H/p-1. The molecule has 3 heterocycles. The number of piperidine rings is 1. The number of hydrogen-bond acceptors (Lipinski definition) is 4. The van der Waals surface area contributed by atoms with Gasteiger partial charge in [-0.3, -0.25) is 4.21 Å². The molecule has 4 rings (SSSR count). The van der Waals surface area contributed by atoms with Crippen molar-refractivity contribution in [3.8, 4) is 0 Å². The fraction of sp³-hybridized carbons (Fsp3) is 0.318. The maximum absolute atomic E-state index is 10.3. The highest BCUT2D eigenvalue weighted by atomic mass is 32.2. The van der Waals surface area contributed by atoms with Crippen LogP contribution in [0, 0.1) is 6.92 Å². The zero-order chi connectivity index (χ0) is 20.6. The number of fused-ring (bicyclic) bond motifs is 1. The highest BCUT2D eigenvalue weighted by Crippen LogP contribution is 2.14. The van der Waals surface area contributed by atoms with Gasteiger partial charge in [0.2, 0.25) is 0 Å². The van der Waals surface area contributed by atoms with Crippen molar-refractivity contribution in [2.24, 2.45) is 0 Å². The van der Waals surface area contributed by atoms with E-state index in [1.807, 2.05) is 22.9 Å². The molecule has 2 aromatic heterocycles. The Kier molecular flexibility index (Phi) is 7.57. The first-order valence-corrected chi connectivity index (χ1v) is 10.8. The molecule has 3 aromatic rings. The summed E-state index contributed by atoms with van der Waals surface area (Å²) < 4.78 is 24.0. The third-order valence-electron chi connectivity index (χ3n) is 4.91. The van der Waals surface area contributed by atoms with Crippen LogP contribution in [0.4, 0.5) is 0 Å². The van der Waals surface area contributed by atoms with Crippen LogP contribution in [0.15, 0.2) is 61.7 Å². The number of nitrogens with zero attached hydrogens (tertiary/aromatic N) is 3. The fourth-order valence-corrected chi connectivity index (χ4v) is 3.69. The molecule has 0 amide bonds. The fourth-order valence-electron chi connectivity index (χ4n) is 3.14. The Hall–Kier alpha value is -2.48. The lowest BCUT2D eigenvalue weighted by atomic mass is 10.1. The Balaban J connectivity index is 0.000000272. The van der Waals surface area contributed by atoms with E-state index in [2.05, 4.69) is 54.1 Å². The molecule has 6 nitrogen and oxygen atoms in total. The first-order valence-electron chi connectivity index (χ1n) is 9.77. The number of pyridine rings is 1. The minimum Gasteiger partial charge on any atom is -0.760 e. The molecule has 0 bridgehead atoms. The first kappa shape index (κ1) is 21.2. The molecule has 1 aromatic carbocycles. The van der Waals surface area contributed by atoms with Gasteiger partial charge >= 0.3 is 0 Å². The van der Waals surface area contributed by atoms with Gasteiger partial charge in [0.05, 0.1) is 18.0 Å². The zero-order valence-corrected chi connectivity index (χ0v) is 17.5. The second-order valence-corrected chi connectivity index (χ2v) is 8.12. The zero-order valence-electron chi connectivity index (χ0n) is 16.7. The lowest BCUT2D eigenvalue weighted by Crippen LogP contribution is -2.31. The lowest BCUT2D eigenvalue weighted by Gasteiger charge is -2.27. The number of hydrogen-bond donors (Lipinski definition) is 1. The van der Waals surface area contributed by atoms with Crippen LogP contribution in [-0.2, 0) is 17.8 Å². The van der Waals surface area contributed by atoms with Gasteiger partial charge in [-0.1, -0.05) is 42.8 Å². The van der Waals surface area contributed by atoms with Crippen LogP contribution in [0.2, 0.25) is 0 Å². The van der Waals surface area contributed by atoms with Crippen molar-refractivity contribution in [2.45, 2.75) is 32.7 Å². The summed E-state index contributed by atoms with van der Waals surface area (Å²) in [6, 6.07) is 12.6. The maximum Gasteiger partial charge on any atom is 0.0991 e. The van der Waals surface area contributed by atoms with Crippen LogP contribution in [0.3, 0.4) is 0 Å². The molecular weight excluding hydrogens is 384 g/mol. The number of nitrogens with one attached hydrogen (secondary N) is 1. The Morgan fingerprint density at radius 3 is 2.62 bits per heavy atom. The van der Waals surface area contributed by atoms with E-state index in [1.54, 1.807) is 6.33 Å². The largest absolute Gasteiger partial charge is 0.760 e. The average Bonchev–Trinajstić information content (AvgIpc) is 3.22. The summed E-state index contributed by atoms with van der Waals surface area (Å²) in [5, 5.41) is 3.37. The van der Waals surface area contributed by atoms with E-state index in [4.69, 9.17) is 0 Å². The van der Waals surface area contributed by atoms with Crippen molar-refractivity contribution in [3.05, 3.63) is 78.4 Å². The lowest BCUT2D eigenvalue weighted by molar-refractivity contribution is 0.333. The molecule has 1 unspecified atom stereocenters. The summed E-state index contributed by atoms with van der Waals surface area (Å²) in [5.74, 6) is 0. The second kappa shape index (κ2) is 10.3. The van der Waals surface area contributed by atoms with Crippen molar-refractivity contribution in [1.29, 1.82) is 0 Å². The number of benzene rings is 1. The highest BCUT2D eigenvalue weighted by Gasteiger charge is 2.08. The van der Waals surface area contributed by atoms with E-state index in [0.717, 1.165) is 49.3 Å². The predicted molar refractivity (Wildman–Crippen MR) is 119 cm³/mol. The molecule has 1 N–H and O–H groups in total. The Morgan fingerprint density at radius 1 is 1.24 bits per heavy atom. The van der Waals surface area contributed by atoms with Crippen molar-refractivity contribution < 1.29 is 10.2 Å². The summed E-state index contributed by atoms with van der Waals surface area (Å²) in [6.45, 7) is 8.42. The molecule has 29 heavy (non-hydrogen) atoms. The first-order chi connectivity index (χ1) is 14.0. The molecular formula is C22H29N4O2S-. The summed E-state index contributed by atoms with van der Waals surface area (Å²) in [7, 11) is 0. The monoisotopic (exact) mass is 413 g/mol. The maximum atomic E-state index is 10.3. The minimum atomic E-state index is -1.97. The summed E-state index contributed by atoms with van der Waals surface area (Å²) >= 11 is -1.97. The van der Waals surface area contributed by atoms with E-state index < -0.39 is 11.3 Å². The molecule has 1 fully saturated rings. The molecule has 7 heteroatoms. The second-order valence-electron chi connectivity index (χ2n) is 7.17. The Labute approximate surface area is 176 Å². The van der Waals surface area contributed by atoms with Gasteiger partial charge in [0.25, 0.3) is 0 Å². The van der Waals surface area contributed by atoms with E-state index >= 15 is 0 Å². The molecule has 1 saturated heterocycles. The van der Waals surface area contributed by atoms with Gasteiger partial charge in [-0.05, 0) is 37.5 Å². The molecule has 0 spiro atoms. The van der Waals surface area contributed by atoms with Gasteiger partial charge in [0, 0.05) is 49.8 Å². The third kappa shape index (κ3) is 6.25. The van der Waals surface area contributed by atoms with Crippen LogP contribution in [0.25, 0.3) is 11.2 Å². The molecule has 1 aliphatic heterocycles. The number of rotatable bonds is 5. The average molecular weight is 414 g/mol. The predicted octanol–water partition coefficient (Wildman–Crippen LogP) is 3.92.